The Labute approximate surface area is 229 Å². The smallest absolute Gasteiger partial charge is 0.310 e. The molecule has 1 aliphatic heterocycles. The first kappa shape index (κ1) is 24.4. The zero-order valence-corrected chi connectivity index (χ0v) is 21.8. The monoisotopic (exact) mass is 546 g/mol. The molecule has 2 unspecified atom stereocenters. The number of carboxylic acid groups (broad SMARTS) is 1. The van der Waals surface area contributed by atoms with Gasteiger partial charge in [-0.2, -0.15) is 4.98 Å². The fourth-order valence-corrected chi connectivity index (χ4v) is 6.28. The van der Waals surface area contributed by atoms with Crippen LogP contribution in [0.4, 0.5) is 0 Å². The number of nitrogens with zero attached hydrogens (tertiary/aromatic N) is 3. The van der Waals surface area contributed by atoms with Gasteiger partial charge in [0, 0.05) is 30.0 Å². The first-order chi connectivity index (χ1) is 18.8. The fourth-order valence-electron chi connectivity index (χ4n) is 6.02. The Hall–Kier alpha value is -3.69. The Morgan fingerprint density at radius 1 is 1.10 bits per heavy atom. The van der Waals surface area contributed by atoms with Crippen LogP contribution in [0.2, 0.25) is 5.02 Å². The summed E-state index contributed by atoms with van der Waals surface area (Å²) in [5.41, 5.74) is 4.70. The number of aliphatic carboxylic acids is 1. The predicted molar refractivity (Wildman–Crippen MR) is 144 cm³/mol. The molecule has 39 heavy (non-hydrogen) atoms. The van der Waals surface area contributed by atoms with E-state index in [4.69, 9.17) is 26.4 Å². The Kier molecular flexibility index (Phi) is 5.57. The highest BCUT2D eigenvalue weighted by Gasteiger charge is 2.65. The molecule has 200 valence electrons. The standard InChI is InChI=1S/C29H27ClN4O5/c30-21-9-22-25(32-24(21)17-5-1-15(2-6-17)16-3-7-18(8-4-16)27(37)38)33-28(31-22)39-23-12-29(23)10-19(11-29)26(36)34-13-20(35)14-34/h1-7,9,18-20,23,35H,8,10-14H2,(H,37,38)(H,31,32,33). The maximum Gasteiger partial charge on any atom is 0.310 e. The van der Waals surface area contributed by atoms with Gasteiger partial charge in [0.15, 0.2) is 5.65 Å². The van der Waals surface area contributed by atoms with Gasteiger partial charge in [-0.1, -0.05) is 54.1 Å². The Morgan fingerprint density at radius 2 is 1.85 bits per heavy atom. The van der Waals surface area contributed by atoms with Crippen molar-refractivity contribution >= 4 is 40.2 Å². The number of carboxylic acids is 1. The van der Waals surface area contributed by atoms with Crippen LogP contribution < -0.4 is 4.74 Å². The van der Waals surface area contributed by atoms with Crippen molar-refractivity contribution in [2.45, 2.75) is 37.9 Å². The van der Waals surface area contributed by atoms with Crippen molar-refractivity contribution < 1.29 is 24.5 Å². The Morgan fingerprint density at radius 3 is 2.51 bits per heavy atom. The van der Waals surface area contributed by atoms with E-state index >= 15 is 0 Å². The number of likely N-dealkylation sites (tertiary alicyclic amines) is 1. The third-order valence-corrected chi connectivity index (χ3v) is 8.80. The number of β-amino-alcohol motifs (C(OH)–C–C–N with tert-alkyl or cyclic N) is 1. The van der Waals surface area contributed by atoms with Crippen molar-refractivity contribution in [2.75, 3.05) is 13.1 Å². The van der Waals surface area contributed by atoms with Crippen LogP contribution in [0.25, 0.3) is 28.0 Å². The van der Waals surface area contributed by atoms with E-state index < -0.39 is 11.9 Å². The SMILES string of the molecule is O=C(O)C1C=CC(c2ccc(-c3nc4nc(OC5CC56CC(C(=O)N5CC(O)C5)C6)[nH]c4cc3Cl)cc2)=CC1. The summed E-state index contributed by atoms with van der Waals surface area (Å²) < 4.78 is 6.14. The lowest BCUT2D eigenvalue weighted by Crippen LogP contribution is -2.57. The number of hydrogen-bond acceptors (Lipinski definition) is 6. The molecule has 0 bridgehead atoms. The van der Waals surface area contributed by atoms with Gasteiger partial charge in [0.1, 0.15) is 6.10 Å². The number of hydrogen-bond donors (Lipinski definition) is 3. The number of halogens is 1. The minimum Gasteiger partial charge on any atom is -0.481 e. The van der Waals surface area contributed by atoms with Crippen molar-refractivity contribution in [1.82, 2.24) is 19.9 Å². The molecule has 2 atom stereocenters. The fraction of sp³-hybridized carbons (Fsp3) is 0.379. The van der Waals surface area contributed by atoms with Gasteiger partial charge in [-0.3, -0.25) is 9.59 Å². The third-order valence-electron chi connectivity index (χ3n) is 8.51. The lowest BCUT2D eigenvalue weighted by molar-refractivity contribution is -0.151. The number of fused-ring (bicyclic) bond motifs is 1. The van der Waals surface area contributed by atoms with E-state index in [-0.39, 0.29) is 29.4 Å². The number of H-pyrrole nitrogens is 1. The van der Waals surface area contributed by atoms with Crippen LogP contribution in [-0.2, 0) is 9.59 Å². The molecule has 2 saturated carbocycles. The number of amides is 1. The lowest BCUT2D eigenvalue weighted by atomic mass is 9.70. The number of nitrogens with one attached hydrogen (secondary N) is 1. The van der Waals surface area contributed by atoms with Gasteiger partial charge in [0.25, 0.3) is 6.01 Å². The van der Waals surface area contributed by atoms with Crippen LogP contribution in [0.3, 0.4) is 0 Å². The highest BCUT2D eigenvalue weighted by Crippen LogP contribution is 2.64. The maximum absolute atomic E-state index is 12.5. The van der Waals surface area contributed by atoms with E-state index in [9.17, 15) is 14.7 Å². The molecule has 0 radical (unpaired) electrons. The molecule has 4 aliphatic rings. The lowest BCUT2D eigenvalue weighted by Gasteiger charge is -2.43. The summed E-state index contributed by atoms with van der Waals surface area (Å²) in [6.07, 6.45) is 8.19. The van der Waals surface area contributed by atoms with E-state index in [1.165, 1.54) is 0 Å². The van der Waals surface area contributed by atoms with E-state index in [1.807, 2.05) is 36.4 Å². The molecule has 1 saturated heterocycles. The van der Waals surface area contributed by atoms with Gasteiger partial charge in [0.2, 0.25) is 5.91 Å². The molecule has 10 heteroatoms. The van der Waals surface area contributed by atoms with Gasteiger partial charge >= 0.3 is 5.97 Å². The number of aliphatic hydroxyl groups excluding tert-OH is 1. The van der Waals surface area contributed by atoms with Gasteiger partial charge in [-0.25, -0.2) is 4.98 Å². The number of imidazole rings is 1. The summed E-state index contributed by atoms with van der Waals surface area (Å²) in [6, 6.07) is 10.0. The molecule has 9 nitrogen and oxygen atoms in total. The summed E-state index contributed by atoms with van der Waals surface area (Å²) >= 11 is 6.59. The molecule has 3 aromatic rings. The predicted octanol–water partition coefficient (Wildman–Crippen LogP) is 4.07. The second-order valence-electron chi connectivity index (χ2n) is 11.2. The maximum atomic E-state index is 12.5. The summed E-state index contributed by atoms with van der Waals surface area (Å²) in [7, 11) is 0. The summed E-state index contributed by atoms with van der Waals surface area (Å²) in [6.45, 7) is 0.903. The molecule has 1 aromatic carbocycles. The summed E-state index contributed by atoms with van der Waals surface area (Å²) in [5.74, 6) is -1.11. The number of carbonyl (C=O) groups excluding carboxylic acids is 1. The number of allylic oxidation sites excluding steroid dienone is 3. The average Bonchev–Trinajstić information content (AvgIpc) is 3.47. The van der Waals surface area contributed by atoms with Crippen molar-refractivity contribution in [3.05, 3.63) is 59.1 Å². The highest BCUT2D eigenvalue weighted by molar-refractivity contribution is 6.33. The normalized spacial score (nSPS) is 27.7. The molecular weight excluding hydrogens is 520 g/mol. The number of pyridine rings is 1. The van der Waals surface area contributed by atoms with Crippen molar-refractivity contribution in [3.63, 3.8) is 0 Å². The van der Waals surface area contributed by atoms with E-state index in [0.717, 1.165) is 36.0 Å². The number of ether oxygens (including phenoxy) is 1. The quantitative estimate of drug-likeness (QED) is 0.425. The van der Waals surface area contributed by atoms with Crippen molar-refractivity contribution in [2.24, 2.45) is 17.3 Å². The van der Waals surface area contributed by atoms with Crippen molar-refractivity contribution in [1.29, 1.82) is 0 Å². The van der Waals surface area contributed by atoms with Gasteiger partial charge < -0.3 is 24.8 Å². The third kappa shape index (κ3) is 4.30. The van der Waals surface area contributed by atoms with E-state index in [2.05, 4.69) is 9.97 Å². The number of carbonyl (C=O) groups is 2. The molecule has 7 rings (SSSR count). The molecule has 3 aliphatic carbocycles. The molecular formula is C29H27ClN4O5. The number of aromatic nitrogens is 3. The summed E-state index contributed by atoms with van der Waals surface area (Å²) in [4.78, 5) is 37.8. The van der Waals surface area contributed by atoms with Gasteiger partial charge in [-0.05, 0) is 42.9 Å². The summed E-state index contributed by atoms with van der Waals surface area (Å²) in [5, 5.41) is 19.1. The molecule has 1 spiro atoms. The van der Waals surface area contributed by atoms with Crippen LogP contribution in [0.5, 0.6) is 6.01 Å². The zero-order chi connectivity index (χ0) is 26.9. The van der Waals surface area contributed by atoms with Crippen LogP contribution in [-0.4, -0.2) is 67.2 Å². The van der Waals surface area contributed by atoms with Crippen LogP contribution in [0, 0.1) is 17.3 Å². The number of aromatic amines is 1. The minimum atomic E-state index is -0.815. The topological polar surface area (TPSA) is 129 Å². The average molecular weight is 547 g/mol. The van der Waals surface area contributed by atoms with Gasteiger partial charge in [0.05, 0.1) is 28.3 Å². The van der Waals surface area contributed by atoms with Crippen LogP contribution in [0.1, 0.15) is 31.2 Å². The van der Waals surface area contributed by atoms with E-state index in [1.54, 1.807) is 17.0 Å². The van der Waals surface area contributed by atoms with Crippen LogP contribution >= 0.6 is 11.6 Å². The second-order valence-corrected chi connectivity index (χ2v) is 11.6. The first-order valence-corrected chi connectivity index (χ1v) is 13.6. The molecule has 1 amide bonds. The number of aliphatic hydroxyl groups is 1. The number of rotatable bonds is 6. The van der Waals surface area contributed by atoms with E-state index in [0.29, 0.717) is 47.4 Å². The van der Waals surface area contributed by atoms with Crippen LogP contribution in [0.15, 0.2) is 48.6 Å². The second kappa shape index (κ2) is 8.93. The highest BCUT2D eigenvalue weighted by atomic mass is 35.5. The minimum absolute atomic E-state index is 0.0282. The molecule has 3 heterocycles. The molecule has 3 N–H and O–H groups in total. The zero-order valence-electron chi connectivity index (χ0n) is 21.0. The Balaban J connectivity index is 1.01. The van der Waals surface area contributed by atoms with Crippen molar-refractivity contribution in [3.8, 4) is 17.3 Å². The number of benzene rings is 1. The van der Waals surface area contributed by atoms with Gasteiger partial charge in [-0.15, -0.1) is 0 Å². The Bertz CT molecular complexity index is 1550. The molecule has 2 aromatic heterocycles. The first-order valence-electron chi connectivity index (χ1n) is 13.2. The largest absolute Gasteiger partial charge is 0.481 e. The molecule has 3 fully saturated rings.